The van der Waals surface area contributed by atoms with Gasteiger partial charge in [0.25, 0.3) is 5.91 Å². The van der Waals surface area contributed by atoms with Crippen LogP contribution in [0.1, 0.15) is 16.1 Å². The number of hydrogen-bond acceptors (Lipinski definition) is 6. The highest BCUT2D eigenvalue weighted by molar-refractivity contribution is 6.06. The summed E-state index contributed by atoms with van der Waals surface area (Å²) >= 11 is 0. The molecular weight excluding hydrogens is 344 g/mol. The lowest BCUT2D eigenvalue weighted by molar-refractivity contribution is 0.102. The number of nitrogens with one attached hydrogen (secondary N) is 1. The van der Waals surface area contributed by atoms with E-state index in [2.05, 4.69) is 25.8 Å². The maximum Gasteiger partial charge on any atom is 0.257 e. The highest BCUT2D eigenvalue weighted by Gasteiger charge is 2.13. The minimum atomic E-state index is -0.230. The van der Waals surface area contributed by atoms with Crippen molar-refractivity contribution in [3.8, 4) is 11.4 Å². The average molecular weight is 360 g/mol. The normalized spacial score (nSPS) is 10.7. The molecule has 1 N–H and O–H groups in total. The first-order valence-electron chi connectivity index (χ1n) is 8.24. The lowest BCUT2D eigenvalue weighted by atomic mass is 10.1. The van der Waals surface area contributed by atoms with Gasteiger partial charge >= 0.3 is 0 Å². The molecule has 0 saturated heterocycles. The highest BCUT2D eigenvalue weighted by Crippen LogP contribution is 2.22. The fourth-order valence-electron chi connectivity index (χ4n) is 2.80. The summed E-state index contributed by atoms with van der Waals surface area (Å²) in [5.74, 6) is 0.498. The molecule has 8 heteroatoms. The molecule has 0 atom stereocenters. The molecule has 0 saturated carbocycles. The van der Waals surface area contributed by atoms with Crippen LogP contribution < -0.4 is 10.1 Å². The van der Waals surface area contributed by atoms with Crippen LogP contribution in [0, 0.1) is 6.92 Å². The summed E-state index contributed by atoms with van der Waals surface area (Å²) in [5, 5.41) is 14.9. The van der Waals surface area contributed by atoms with E-state index in [4.69, 9.17) is 4.74 Å². The molecule has 1 amide bonds. The number of carbonyl (C=O) groups excluding carboxylic acids is 1. The predicted octanol–water partition coefficient (Wildman–Crippen LogP) is 2.78. The fraction of sp³-hybridized carbons (Fsp3) is 0.105. The van der Waals surface area contributed by atoms with E-state index in [1.165, 1.54) is 11.0 Å². The number of fused-ring (bicyclic) bond motifs is 1. The molecule has 0 aliphatic carbocycles. The summed E-state index contributed by atoms with van der Waals surface area (Å²) in [6.07, 6.45) is 1.49. The van der Waals surface area contributed by atoms with Gasteiger partial charge in [-0.2, -0.15) is 0 Å². The van der Waals surface area contributed by atoms with Crippen LogP contribution in [-0.4, -0.2) is 38.2 Å². The summed E-state index contributed by atoms with van der Waals surface area (Å²) in [4.78, 5) is 17.3. The number of carbonyl (C=O) groups is 1. The molecule has 2 heterocycles. The Hall–Kier alpha value is -3.81. The second kappa shape index (κ2) is 6.83. The Labute approximate surface area is 154 Å². The van der Waals surface area contributed by atoms with Gasteiger partial charge in [0, 0.05) is 17.1 Å². The molecule has 27 heavy (non-hydrogen) atoms. The van der Waals surface area contributed by atoms with Gasteiger partial charge in [-0.3, -0.25) is 9.78 Å². The van der Waals surface area contributed by atoms with Crippen LogP contribution in [-0.2, 0) is 0 Å². The Morgan fingerprint density at radius 1 is 1.15 bits per heavy atom. The van der Waals surface area contributed by atoms with E-state index in [1.54, 1.807) is 19.2 Å². The molecule has 8 nitrogen and oxygen atoms in total. The first kappa shape index (κ1) is 16.6. The molecule has 2 aromatic heterocycles. The van der Waals surface area contributed by atoms with Crippen LogP contribution in [0.15, 0.2) is 54.9 Å². The second-order valence-corrected chi connectivity index (χ2v) is 5.94. The third kappa shape index (κ3) is 3.32. The van der Waals surface area contributed by atoms with Crippen LogP contribution in [0.4, 0.5) is 5.69 Å². The van der Waals surface area contributed by atoms with Gasteiger partial charge in [-0.15, -0.1) is 5.10 Å². The van der Waals surface area contributed by atoms with Crippen LogP contribution in [0.2, 0.25) is 0 Å². The van der Waals surface area contributed by atoms with E-state index in [1.807, 2.05) is 43.3 Å². The van der Waals surface area contributed by atoms with Crippen molar-refractivity contribution >= 4 is 22.5 Å². The molecule has 4 rings (SSSR count). The summed E-state index contributed by atoms with van der Waals surface area (Å²) in [5.41, 5.74) is 3.33. The molecule has 134 valence electrons. The van der Waals surface area contributed by atoms with Crippen molar-refractivity contribution in [2.75, 3.05) is 12.4 Å². The Balaban J connectivity index is 1.63. The fourth-order valence-corrected chi connectivity index (χ4v) is 2.80. The van der Waals surface area contributed by atoms with E-state index >= 15 is 0 Å². The second-order valence-electron chi connectivity index (χ2n) is 5.94. The van der Waals surface area contributed by atoms with E-state index in [0.717, 1.165) is 22.3 Å². The molecule has 0 aliphatic rings. The standard InChI is InChI=1S/C19H16N6O2/c1-12-17(8-13-6-7-16(27-2)10-18(13)21-12)19(26)22-14-4-3-5-15(9-14)25-11-20-23-24-25/h3-11H,1-2H3,(H,22,26). The number of aryl methyl sites for hydroxylation is 1. The predicted molar refractivity (Wildman–Crippen MR) is 100 cm³/mol. The minimum absolute atomic E-state index is 0.230. The van der Waals surface area contributed by atoms with Crippen molar-refractivity contribution in [2.24, 2.45) is 0 Å². The number of benzene rings is 2. The Morgan fingerprint density at radius 3 is 2.81 bits per heavy atom. The average Bonchev–Trinajstić information content (AvgIpc) is 3.22. The quantitative estimate of drug-likeness (QED) is 0.601. The molecular formula is C19H16N6O2. The number of hydrogen-bond donors (Lipinski definition) is 1. The van der Waals surface area contributed by atoms with Crippen LogP contribution >= 0.6 is 0 Å². The summed E-state index contributed by atoms with van der Waals surface area (Å²) < 4.78 is 6.75. The van der Waals surface area contributed by atoms with Gasteiger partial charge in [0.2, 0.25) is 0 Å². The Kier molecular flexibility index (Phi) is 4.21. The molecule has 0 unspecified atom stereocenters. The smallest absolute Gasteiger partial charge is 0.257 e. The van der Waals surface area contributed by atoms with Gasteiger partial charge in [-0.1, -0.05) is 6.07 Å². The van der Waals surface area contributed by atoms with Gasteiger partial charge in [0.1, 0.15) is 12.1 Å². The van der Waals surface area contributed by atoms with E-state index in [-0.39, 0.29) is 5.91 Å². The largest absolute Gasteiger partial charge is 0.497 e. The summed E-state index contributed by atoms with van der Waals surface area (Å²) in [7, 11) is 1.61. The molecule has 4 aromatic rings. The minimum Gasteiger partial charge on any atom is -0.497 e. The van der Waals surface area contributed by atoms with E-state index in [0.29, 0.717) is 16.9 Å². The van der Waals surface area contributed by atoms with Crippen LogP contribution in [0.25, 0.3) is 16.6 Å². The lowest BCUT2D eigenvalue weighted by Crippen LogP contribution is -2.14. The van der Waals surface area contributed by atoms with Crippen molar-refractivity contribution < 1.29 is 9.53 Å². The van der Waals surface area contributed by atoms with Crippen molar-refractivity contribution in [3.63, 3.8) is 0 Å². The number of tetrazole rings is 1. The summed E-state index contributed by atoms with van der Waals surface area (Å²) in [6.45, 7) is 1.81. The lowest BCUT2D eigenvalue weighted by Gasteiger charge is -2.10. The van der Waals surface area contributed by atoms with Gasteiger partial charge in [0.15, 0.2) is 0 Å². The molecule has 0 fully saturated rings. The van der Waals surface area contributed by atoms with Gasteiger partial charge < -0.3 is 10.1 Å². The molecule has 0 bridgehead atoms. The number of nitrogens with zero attached hydrogens (tertiary/aromatic N) is 5. The van der Waals surface area contributed by atoms with Crippen LogP contribution in [0.3, 0.4) is 0 Å². The SMILES string of the molecule is COc1ccc2cc(C(=O)Nc3cccc(-n4cnnn4)c3)c(C)nc2c1. The first-order valence-corrected chi connectivity index (χ1v) is 8.24. The molecule has 0 radical (unpaired) electrons. The highest BCUT2D eigenvalue weighted by atomic mass is 16.5. The third-order valence-electron chi connectivity index (χ3n) is 4.18. The maximum atomic E-state index is 12.8. The zero-order chi connectivity index (χ0) is 18.8. The Bertz CT molecular complexity index is 1120. The molecule has 0 aliphatic heterocycles. The zero-order valence-electron chi connectivity index (χ0n) is 14.7. The van der Waals surface area contributed by atoms with Crippen molar-refractivity contribution in [1.29, 1.82) is 0 Å². The number of aromatic nitrogens is 5. The van der Waals surface area contributed by atoms with E-state index < -0.39 is 0 Å². The van der Waals surface area contributed by atoms with Crippen molar-refractivity contribution in [2.45, 2.75) is 6.92 Å². The third-order valence-corrected chi connectivity index (χ3v) is 4.18. The number of anilines is 1. The number of rotatable bonds is 4. The summed E-state index contributed by atoms with van der Waals surface area (Å²) in [6, 6.07) is 14.7. The topological polar surface area (TPSA) is 94.8 Å². The molecule has 2 aromatic carbocycles. The van der Waals surface area contributed by atoms with Crippen molar-refractivity contribution in [1.82, 2.24) is 25.2 Å². The molecule has 0 spiro atoms. The number of ether oxygens (including phenoxy) is 1. The van der Waals surface area contributed by atoms with Gasteiger partial charge in [0.05, 0.1) is 29.6 Å². The van der Waals surface area contributed by atoms with Crippen molar-refractivity contribution in [3.05, 3.63) is 66.1 Å². The van der Waals surface area contributed by atoms with Gasteiger partial charge in [-0.25, -0.2) is 4.68 Å². The van der Waals surface area contributed by atoms with Crippen LogP contribution in [0.5, 0.6) is 5.75 Å². The number of methoxy groups -OCH3 is 1. The first-order chi connectivity index (χ1) is 13.1. The Morgan fingerprint density at radius 2 is 2.04 bits per heavy atom. The van der Waals surface area contributed by atoms with E-state index in [9.17, 15) is 4.79 Å². The van der Waals surface area contributed by atoms with Gasteiger partial charge in [-0.05, 0) is 53.7 Å². The monoisotopic (exact) mass is 360 g/mol. The number of amides is 1. The number of pyridine rings is 1. The zero-order valence-corrected chi connectivity index (χ0v) is 14.7. The maximum absolute atomic E-state index is 12.8.